The lowest BCUT2D eigenvalue weighted by Gasteiger charge is -2.28. The van der Waals surface area contributed by atoms with Gasteiger partial charge >= 0.3 is 6.18 Å². The second kappa shape index (κ2) is 11.1. The van der Waals surface area contributed by atoms with Crippen LogP contribution in [0.1, 0.15) is 32.9 Å². The van der Waals surface area contributed by atoms with E-state index >= 15 is 0 Å². The van der Waals surface area contributed by atoms with E-state index in [1.165, 1.54) is 16.2 Å². The first kappa shape index (κ1) is 25.1. The Balaban J connectivity index is 1.67. The van der Waals surface area contributed by atoms with Crippen LogP contribution in [0.25, 0.3) is 0 Å². The molecule has 2 amide bonds. The molecule has 2 aromatic rings. The van der Waals surface area contributed by atoms with E-state index < -0.39 is 23.6 Å². The number of rotatable bonds is 8. The van der Waals surface area contributed by atoms with Crippen LogP contribution in [0.3, 0.4) is 0 Å². The number of amides is 2. The van der Waals surface area contributed by atoms with Gasteiger partial charge in [0.25, 0.3) is 5.91 Å². The van der Waals surface area contributed by atoms with E-state index in [2.05, 4.69) is 15.2 Å². The summed E-state index contributed by atoms with van der Waals surface area (Å²) < 4.78 is 43.9. The summed E-state index contributed by atoms with van der Waals surface area (Å²) in [5.41, 5.74) is 0.0896. The molecule has 1 aromatic heterocycles. The fraction of sp³-hybridized carbons (Fsp3) is 0.500. The molecule has 0 aliphatic carbocycles. The molecule has 7 nitrogen and oxygen atoms in total. The Hall–Kier alpha value is -2.50. The van der Waals surface area contributed by atoms with Crippen molar-refractivity contribution in [1.29, 1.82) is 0 Å². The van der Waals surface area contributed by atoms with Crippen molar-refractivity contribution in [1.82, 2.24) is 14.8 Å². The summed E-state index contributed by atoms with van der Waals surface area (Å²) in [6.07, 6.45) is -3.86. The number of hydrogen-bond donors (Lipinski definition) is 1. The van der Waals surface area contributed by atoms with Crippen LogP contribution < -0.4 is 5.32 Å². The first-order chi connectivity index (χ1) is 15.6. The largest absolute Gasteiger partial charge is 0.416 e. The van der Waals surface area contributed by atoms with Crippen molar-refractivity contribution in [2.45, 2.75) is 26.4 Å². The fourth-order valence-corrected chi connectivity index (χ4v) is 4.24. The van der Waals surface area contributed by atoms with Gasteiger partial charge in [-0.05, 0) is 44.5 Å². The first-order valence-corrected chi connectivity index (χ1v) is 11.5. The molecule has 1 fully saturated rings. The highest BCUT2D eigenvalue weighted by Gasteiger charge is 2.30. The number of aromatic nitrogens is 1. The van der Waals surface area contributed by atoms with Crippen molar-refractivity contribution < 1.29 is 27.5 Å². The molecular formula is C22H27F3N4O3S. The van der Waals surface area contributed by atoms with Gasteiger partial charge in [0.2, 0.25) is 5.91 Å². The molecule has 180 valence electrons. The maximum absolute atomic E-state index is 13.1. The highest BCUT2D eigenvalue weighted by molar-refractivity contribution is 7.15. The van der Waals surface area contributed by atoms with Crippen molar-refractivity contribution >= 4 is 28.3 Å². The molecular weight excluding hydrogens is 457 g/mol. The average Bonchev–Trinajstić information content (AvgIpc) is 3.09. The summed E-state index contributed by atoms with van der Waals surface area (Å²) in [6, 6.07) is 4.04. The van der Waals surface area contributed by atoms with Crippen molar-refractivity contribution in [2.75, 3.05) is 51.3 Å². The molecule has 0 saturated carbocycles. The molecule has 2 heterocycles. The molecule has 33 heavy (non-hydrogen) atoms. The molecule has 0 unspecified atom stereocenters. The number of hydrogen-bond acceptors (Lipinski definition) is 6. The Morgan fingerprint density at radius 3 is 2.42 bits per heavy atom. The van der Waals surface area contributed by atoms with Crippen LogP contribution in [0, 0.1) is 13.8 Å². The molecule has 3 rings (SSSR count). The molecule has 0 bridgehead atoms. The van der Waals surface area contributed by atoms with E-state index in [9.17, 15) is 22.8 Å². The monoisotopic (exact) mass is 484 g/mol. The number of carbonyl (C=O) groups excluding carboxylic acids is 2. The summed E-state index contributed by atoms with van der Waals surface area (Å²) in [6.45, 7) is 7.45. The average molecular weight is 485 g/mol. The number of nitrogens with one attached hydrogen (secondary N) is 1. The van der Waals surface area contributed by atoms with E-state index in [4.69, 9.17) is 4.74 Å². The lowest BCUT2D eigenvalue weighted by atomic mass is 10.1. The second-order valence-corrected chi connectivity index (χ2v) is 9.02. The molecule has 1 saturated heterocycles. The molecule has 0 atom stereocenters. The van der Waals surface area contributed by atoms with Crippen LogP contribution >= 0.6 is 11.3 Å². The van der Waals surface area contributed by atoms with E-state index in [0.29, 0.717) is 31.3 Å². The molecule has 1 N–H and O–H groups in total. The standard InChI is InChI=1S/C22H27F3N4O3S/c1-15-16(2)33-21(26-15)27-19(30)14-29(9-3-8-28-10-12-32-13-11-28)20(31)17-4-6-18(7-5-17)22(23,24)25/h4-7H,3,8-14H2,1-2H3,(H,26,27,30). The number of benzene rings is 1. The van der Waals surface area contributed by atoms with Gasteiger partial charge in [0.1, 0.15) is 6.54 Å². The van der Waals surface area contributed by atoms with Crippen LogP contribution in [0.5, 0.6) is 0 Å². The summed E-state index contributed by atoms with van der Waals surface area (Å²) in [4.78, 5) is 34.5. The molecule has 0 spiro atoms. The highest BCUT2D eigenvalue weighted by Crippen LogP contribution is 2.29. The van der Waals surface area contributed by atoms with Gasteiger partial charge in [-0.25, -0.2) is 4.98 Å². The number of ether oxygens (including phenoxy) is 1. The summed E-state index contributed by atoms with van der Waals surface area (Å²) in [5.74, 6) is -0.900. The van der Waals surface area contributed by atoms with Gasteiger partial charge in [-0.3, -0.25) is 14.5 Å². The minimum absolute atomic E-state index is 0.100. The van der Waals surface area contributed by atoms with E-state index in [-0.39, 0.29) is 12.1 Å². The number of alkyl halides is 3. The molecule has 1 aliphatic rings. The number of anilines is 1. The molecule has 1 aromatic carbocycles. The maximum atomic E-state index is 13.1. The van der Waals surface area contributed by atoms with Crippen molar-refractivity contribution in [3.63, 3.8) is 0 Å². The van der Waals surface area contributed by atoms with Crippen molar-refractivity contribution in [2.24, 2.45) is 0 Å². The van der Waals surface area contributed by atoms with Crippen LogP contribution in [0.4, 0.5) is 18.3 Å². The number of halogens is 3. The summed E-state index contributed by atoms with van der Waals surface area (Å²) in [5, 5.41) is 3.16. The van der Waals surface area contributed by atoms with E-state index in [1.807, 2.05) is 13.8 Å². The van der Waals surface area contributed by atoms with Gasteiger partial charge in [-0.2, -0.15) is 13.2 Å². The molecule has 11 heteroatoms. The predicted octanol–water partition coefficient (Wildman–Crippen LogP) is 3.58. The third-order valence-corrected chi connectivity index (χ3v) is 6.35. The van der Waals surface area contributed by atoms with Gasteiger partial charge in [0.05, 0.1) is 24.5 Å². The zero-order valence-corrected chi connectivity index (χ0v) is 19.4. The Bertz CT molecular complexity index is 937. The molecule has 0 radical (unpaired) electrons. The summed E-state index contributed by atoms with van der Waals surface area (Å²) >= 11 is 1.34. The number of morpholine rings is 1. The third kappa shape index (κ3) is 7.24. The van der Waals surface area contributed by atoms with E-state index in [0.717, 1.165) is 54.5 Å². The van der Waals surface area contributed by atoms with Gasteiger partial charge in [-0.15, -0.1) is 11.3 Å². The second-order valence-electron chi connectivity index (χ2n) is 7.82. The zero-order chi connectivity index (χ0) is 24.0. The lowest BCUT2D eigenvalue weighted by Crippen LogP contribution is -2.41. The maximum Gasteiger partial charge on any atom is 0.416 e. The minimum atomic E-state index is -4.48. The molecule has 1 aliphatic heterocycles. The van der Waals surface area contributed by atoms with Gasteiger partial charge in [0.15, 0.2) is 5.13 Å². The Morgan fingerprint density at radius 1 is 1.18 bits per heavy atom. The number of nitrogens with zero attached hydrogens (tertiary/aromatic N) is 3. The first-order valence-electron chi connectivity index (χ1n) is 10.6. The number of thiazole rings is 1. The quantitative estimate of drug-likeness (QED) is 0.620. The highest BCUT2D eigenvalue weighted by atomic mass is 32.1. The third-order valence-electron chi connectivity index (χ3n) is 5.36. The van der Waals surface area contributed by atoms with Gasteiger partial charge in [-0.1, -0.05) is 0 Å². The lowest BCUT2D eigenvalue weighted by molar-refractivity contribution is -0.137. The summed E-state index contributed by atoms with van der Waals surface area (Å²) in [7, 11) is 0. The van der Waals surface area contributed by atoms with Gasteiger partial charge in [0, 0.05) is 36.6 Å². The number of carbonyl (C=O) groups is 2. The normalized spacial score (nSPS) is 14.8. The van der Waals surface area contributed by atoms with Crippen LogP contribution in [0.2, 0.25) is 0 Å². The zero-order valence-electron chi connectivity index (χ0n) is 18.6. The Morgan fingerprint density at radius 2 is 1.85 bits per heavy atom. The Labute approximate surface area is 194 Å². The van der Waals surface area contributed by atoms with Crippen molar-refractivity contribution in [3.8, 4) is 0 Å². The minimum Gasteiger partial charge on any atom is -0.379 e. The van der Waals surface area contributed by atoms with Crippen molar-refractivity contribution in [3.05, 3.63) is 46.0 Å². The van der Waals surface area contributed by atoms with Crippen LogP contribution in [0.15, 0.2) is 24.3 Å². The SMILES string of the molecule is Cc1nc(NC(=O)CN(CCCN2CCOCC2)C(=O)c2ccc(C(F)(F)F)cc2)sc1C. The van der Waals surface area contributed by atoms with Gasteiger partial charge < -0.3 is 15.0 Å². The Kier molecular flexibility index (Phi) is 8.44. The smallest absolute Gasteiger partial charge is 0.379 e. The predicted molar refractivity (Wildman–Crippen MR) is 119 cm³/mol. The number of aryl methyl sites for hydroxylation is 2. The topological polar surface area (TPSA) is 74.8 Å². The van der Waals surface area contributed by atoms with E-state index in [1.54, 1.807) is 0 Å². The van der Waals surface area contributed by atoms with Crippen LogP contribution in [-0.2, 0) is 15.7 Å². The van der Waals surface area contributed by atoms with Crippen LogP contribution in [-0.4, -0.2) is 72.5 Å². The fourth-order valence-electron chi connectivity index (χ4n) is 3.41.